The maximum absolute atomic E-state index is 11.9. The lowest BCUT2D eigenvalue weighted by Crippen LogP contribution is -2.45. The third kappa shape index (κ3) is 4.18. The van der Waals surface area contributed by atoms with Crippen LogP contribution < -0.4 is 5.32 Å². The number of nitrogens with one attached hydrogen (secondary N) is 1. The molecular formula is C12H16BrN3O. The number of pyridine rings is 1. The van der Waals surface area contributed by atoms with Crippen molar-refractivity contribution in [3.05, 3.63) is 28.5 Å². The number of hydrogen-bond donors (Lipinski definition) is 1. The average Bonchev–Trinajstić information content (AvgIpc) is 2.33. The number of carbonyl (C=O) groups excluding carboxylic acids is 1. The molecule has 0 radical (unpaired) electrons. The zero-order valence-corrected chi connectivity index (χ0v) is 11.2. The summed E-state index contributed by atoms with van der Waals surface area (Å²) in [5, 5.41) is 3.27. The van der Waals surface area contributed by atoms with Crippen LogP contribution >= 0.6 is 15.9 Å². The number of halogens is 1. The maximum atomic E-state index is 11.9. The quantitative estimate of drug-likeness (QED) is 0.895. The molecular weight excluding hydrogens is 282 g/mol. The average molecular weight is 298 g/mol. The minimum atomic E-state index is 0.238. The highest BCUT2D eigenvalue weighted by atomic mass is 79.9. The molecule has 0 atom stereocenters. The molecule has 0 saturated carbocycles. The second-order valence-electron chi connectivity index (χ2n) is 4.21. The van der Waals surface area contributed by atoms with Crippen molar-refractivity contribution in [2.75, 3.05) is 32.7 Å². The zero-order chi connectivity index (χ0) is 12.1. The number of aromatic nitrogens is 1. The fourth-order valence-corrected chi connectivity index (χ4v) is 2.12. The molecule has 0 bridgehead atoms. The molecule has 92 valence electrons. The Morgan fingerprint density at radius 3 is 2.82 bits per heavy atom. The van der Waals surface area contributed by atoms with Gasteiger partial charge in [-0.1, -0.05) is 0 Å². The first kappa shape index (κ1) is 12.7. The first-order chi connectivity index (χ1) is 8.24. The Morgan fingerprint density at radius 2 is 2.18 bits per heavy atom. The molecule has 0 aromatic carbocycles. The Bertz CT molecular complexity index is 374. The molecule has 1 aromatic rings. The molecule has 2 heterocycles. The summed E-state index contributed by atoms with van der Waals surface area (Å²) < 4.78 is 0.941. The van der Waals surface area contributed by atoms with E-state index in [0.29, 0.717) is 13.0 Å². The third-order valence-corrected chi connectivity index (χ3v) is 3.25. The summed E-state index contributed by atoms with van der Waals surface area (Å²) in [6, 6.07) is 3.81. The molecule has 1 aromatic heterocycles. The van der Waals surface area contributed by atoms with Crippen molar-refractivity contribution in [3.8, 4) is 0 Å². The van der Waals surface area contributed by atoms with E-state index in [4.69, 9.17) is 0 Å². The molecule has 0 amide bonds. The van der Waals surface area contributed by atoms with Crippen LogP contribution in [0.25, 0.3) is 0 Å². The highest BCUT2D eigenvalue weighted by Gasteiger charge is 2.13. The van der Waals surface area contributed by atoms with Gasteiger partial charge in [-0.3, -0.25) is 14.7 Å². The summed E-state index contributed by atoms with van der Waals surface area (Å²) in [5.74, 6) is 0.238. The largest absolute Gasteiger partial charge is 0.314 e. The molecule has 1 fully saturated rings. The lowest BCUT2D eigenvalue weighted by Gasteiger charge is -2.26. The Kier molecular flexibility index (Phi) is 4.65. The van der Waals surface area contributed by atoms with Gasteiger partial charge in [0.2, 0.25) is 0 Å². The molecule has 0 unspecified atom stereocenters. The van der Waals surface area contributed by atoms with Crippen LogP contribution in [0.3, 0.4) is 0 Å². The van der Waals surface area contributed by atoms with E-state index in [2.05, 4.69) is 31.1 Å². The van der Waals surface area contributed by atoms with E-state index in [1.54, 1.807) is 6.20 Å². The van der Waals surface area contributed by atoms with Gasteiger partial charge in [0.05, 0.1) is 13.0 Å². The minimum absolute atomic E-state index is 0.238. The molecule has 1 N–H and O–H groups in total. The lowest BCUT2D eigenvalue weighted by molar-refractivity contribution is -0.119. The number of carbonyl (C=O) groups is 1. The second-order valence-corrected chi connectivity index (χ2v) is 5.13. The molecule has 0 spiro atoms. The van der Waals surface area contributed by atoms with Gasteiger partial charge in [0, 0.05) is 42.5 Å². The zero-order valence-electron chi connectivity index (χ0n) is 9.66. The lowest BCUT2D eigenvalue weighted by atomic mass is 10.2. The molecule has 1 aliphatic rings. The Morgan fingerprint density at radius 1 is 1.41 bits per heavy atom. The Hall–Kier alpha value is -0.780. The molecule has 1 saturated heterocycles. The van der Waals surface area contributed by atoms with Crippen LogP contribution in [0.4, 0.5) is 0 Å². The molecule has 17 heavy (non-hydrogen) atoms. The van der Waals surface area contributed by atoms with Crippen LogP contribution in [-0.2, 0) is 11.2 Å². The topological polar surface area (TPSA) is 45.2 Å². The van der Waals surface area contributed by atoms with E-state index < -0.39 is 0 Å². The van der Waals surface area contributed by atoms with Crippen LogP contribution in [0.15, 0.2) is 22.8 Å². The second kappa shape index (κ2) is 6.23. The van der Waals surface area contributed by atoms with Gasteiger partial charge in [-0.25, -0.2) is 0 Å². The standard InChI is InChI=1S/C12H16BrN3O/c13-10-1-2-11(15-8-10)7-12(17)9-16-5-3-14-4-6-16/h1-2,8,14H,3-7,9H2. The van der Waals surface area contributed by atoms with Gasteiger partial charge in [0.25, 0.3) is 0 Å². The predicted molar refractivity (Wildman–Crippen MR) is 70.0 cm³/mol. The molecule has 4 nitrogen and oxygen atoms in total. The van der Waals surface area contributed by atoms with E-state index in [9.17, 15) is 4.79 Å². The third-order valence-electron chi connectivity index (χ3n) is 2.78. The summed E-state index contributed by atoms with van der Waals surface area (Å²) in [6.07, 6.45) is 2.16. The predicted octanol–water partition coefficient (Wildman–Crippen LogP) is 0.861. The van der Waals surface area contributed by atoms with E-state index in [0.717, 1.165) is 36.3 Å². The number of Topliss-reactive ketones (excluding diaryl/α,β-unsaturated/α-hetero) is 1. The minimum Gasteiger partial charge on any atom is -0.314 e. The molecule has 0 aliphatic carbocycles. The number of hydrogen-bond acceptors (Lipinski definition) is 4. The number of nitrogens with zero attached hydrogens (tertiary/aromatic N) is 2. The van der Waals surface area contributed by atoms with Gasteiger partial charge in [0.1, 0.15) is 0 Å². The Balaban J connectivity index is 1.82. The van der Waals surface area contributed by atoms with Crippen molar-refractivity contribution < 1.29 is 4.79 Å². The Labute approximate surface area is 110 Å². The van der Waals surface area contributed by atoms with Gasteiger partial charge < -0.3 is 5.32 Å². The van der Waals surface area contributed by atoms with E-state index in [1.165, 1.54) is 0 Å². The maximum Gasteiger partial charge on any atom is 0.152 e. The highest BCUT2D eigenvalue weighted by molar-refractivity contribution is 9.10. The molecule has 2 rings (SSSR count). The fourth-order valence-electron chi connectivity index (χ4n) is 1.89. The first-order valence-corrected chi connectivity index (χ1v) is 6.58. The van der Waals surface area contributed by atoms with Crippen molar-refractivity contribution in [2.24, 2.45) is 0 Å². The monoisotopic (exact) mass is 297 g/mol. The number of piperazine rings is 1. The van der Waals surface area contributed by atoms with Crippen molar-refractivity contribution >= 4 is 21.7 Å². The van der Waals surface area contributed by atoms with Crippen LogP contribution in [0.5, 0.6) is 0 Å². The first-order valence-electron chi connectivity index (χ1n) is 5.79. The van der Waals surface area contributed by atoms with Crippen LogP contribution in [0.2, 0.25) is 0 Å². The summed E-state index contributed by atoms with van der Waals surface area (Å²) in [7, 11) is 0. The molecule has 1 aliphatic heterocycles. The number of ketones is 1. The van der Waals surface area contributed by atoms with Crippen molar-refractivity contribution in [1.82, 2.24) is 15.2 Å². The number of rotatable bonds is 4. The van der Waals surface area contributed by atoms with Crippen molar-refractivity contribution in [3.63, 3.8) is 0 Å². The SMILES string of the molecule is O=C(Cc1ccc(Br)cn1)CN1CCNCC1. The normalized spacial score (nSPS) is 17.0. The van der Waals surface area contributed by atoms with Gasteiger partial charge in [0.15, 0.2) is 5.78 Å². The summed E-state index contributed by atoms with van der Waals surface area (Å²) in [6.45, 7) is 4.41. The van der Waals surface area contributed by atoms with Gasteiger partial charge >= 0.3 is 0 Å². The van der Waals surface area contributed by atoms with Gasteiger partial charge in [-0.2, -0.15) is 0 Å². The van der Waals surface area contributed by atoms with Crippen LogP contribution in [0.1, 0.15) is 5.69 Å². The smallest absolute Gasteiger partial charge is 0.152 e. The van der Waals surface area contributed by atoms with Crippen LogP contribution in [0, 0.1) is 0 Å². The van der Waals surface area contributed by atoms with Crippen molar-refractivity contribution in [1.29, 1.82) is 0 Å². The van der Waals surface area contributed by atoms with E-state index >= 15 is 0 Å². The van der Waals surface area contributed by atoms with Crippen LogP contribution in [-0.4, -0.2) is 48.4 Å². The summed E-state index contributed by atoms with van der Waals surface area (Å²) in [4.78, 5) is 18.3. The van der Waals surface area contributed by atoms with Gasteiger partial charge in [-0.05, 0) is 28.1 Å². The fraction of sp³-hybridized carbons (Fsp3) is 0.500. The summed E-state index contributed by atoms with van der Waals surface area (Å²) >= 11 is 3.33. The highest BCUT2D eigenvalue weighted by Crippen LogP contribution is 2.08. The van der Waals surface area contributed by atoms with Crippen molar-refractivity contribution in [2.45, 2.75) is 6.42 Å². The van der Waals surface area contributed by atoms with E-state index in [-0.39, 0.29) is 5.78 Å². The van der Waals surface area contributed by atoms with Gasteiger partial charge in [-0.15, -0.1) is 0 Å². The summed E-state index contributed by atoms with van der Waals surface area (Å²) in [5.41, 5.74) is 0.841. The molecule has 5 heteroatoms. The van der Waals surface area contributed by atoms with E-state index in [1.807, 2.05) is 12.1 Å².